The van der Waals surface area contributed by atoms with Crippen molar-refractivity contribution in [1.29, 1.82) is 0 Å². The molecule has 0 aromatic carbocycles. The fourth-order valence-corrected chi connectivity index (χ4v) is 0.511. The van der Waals surface area contributed by atoms with E-state index in [0.29, 0.717) is 5.70 Å². The Bertz CT molecular complexity index is 214. The summed E-state index contributed by atoms with van der Waals surface area (Å²) in [6.45, 7) is 10.6. The molecule has 0 spiro atoms. The summed E-state index contributed by atoms with van der Waals surface area (Å²) in [6, 6.07) is 0. The van der Waals surface area contributed by atoms with Crippen molar-refractivity contribution in [3.05, 3.63) is 36.6 Å². The molecule has 0 saturated heterocycles. The zero-order chi connectivity index (χ0) is 8.85. The molecule has 0 radical (unpaired) electrons. The fourth-order valence-electron chi connectivity index (χ4n) is 0.511. The van der Waals surface area contributed by atoms with Crippen molar-refractivity contribution in [2.45, 2.75) is 13.8 Å². The summed E-state index contributed by atoms with van der Waals surface area (Å²) >= 11 is 0. The molecule has 0 aliphatic heterocycles. The molecule has 1 amide bonds. The molecular formula is C9H13NO. The summed E-state index contributed by atoms with van der Waals surface area (Å²) in [5.74, 6) is -0.110. The summed E-state index contributed by atoms with van der Waals surface area (Å²) in [7, 11) is 0. The molecule has 2 nitrogen and oxygen atoms in total. The van der Waals surface area contributed by atoms with E-state index in [1.807, 2.05) is 6.92 Å². The monoisotopic (exact) mass is 151 g/mol. The second-order valence-electron chi connectivity index (χ2n) is 2.39. The van der Waals surface area contributed by atoms with Gasteiger partial charge in [-0.05, 0) is 13.0 Å². The van der Waals surface area contributed by atoms with E-state index in [9.17, 15) is 4.79 Å². The van der Waals surface area contributed by atoms with Crippen LogP contribution in [0.4, 0.5) is 0 Å². The molecule has 0 rings (SSSR count). The molecule has 11 heavy (non-hydrogen) atoms. The maximum absolute atomic E-state index is 10.5. The third kappa shape index (κ3) is 6.58. The predicted molar refractivity (Wildman–Crippen MR) is 46.9 cm³/mol. The molecule has 60 valence electrons. The van der Waals surface area contributed by atoms with E-state index < -0.39 is 0 Å². The van der Waals surface area contributed by atoms with Crippen LogP contribution in [0.2, 0.25) is 0 Å². The van der Waals surface area contributed by atoms with E-state index in [1.165, 1.54) is 6.92 Å². The van der Waals surface area contributed by atoms with Crippen LogP contribution >= 0.6 is 0 Å². The normalized spacial score (nSPS) is 9.64. The number of allylic oxidation sites excluding steroid dienone is 3. The van der Waals surface area contributed by atoms with Crippen LogP contribution in [0.25, 0.3) is 0 Å². The lowest BCUT2D eigenvalue weighted by Crippen LogP contribution is -2.16. The molecule has 0 aliphatic carbocycles. The minimum Gasteiger partial charge on any atom is -0.327 e. The largest absolute Gasteiger partial charge is 0.327 e. The van der Waals surface area contributed by atoms with Crippen LogP contribution in [0.3, 0.4) is 0 Å². The lowest BCUT2D eigenvalue weighted by molar-refractivity contribution is -0.118. The third-order valence-corrected chi connectivity index (χ3v) is 0.906. The quantitative estimate of drug-likeness (QED) is 0.612. The Labute approximate surface area is 67.3 Å². The minimum absolute atomic E-state index is 0.110. The van der Waals surface area contributed by atoms with Crippen molar-refractivity contribution in [3.63, 3.8) is 0 Å². The highest BCUT2D eigenvalue weighted by atomic mass is 16.1. The van der Waals surface area contributed by atoms with Crippen LogP contribution in [0.15, 0.2) is 36.6 Å². The average molecular weight is 151 g/mol. The second-order valence-corrected chi connectivity index (χ2v) is 2.39. The molecule has 0 atom stereocenters. The first-order chi connectivity index (χ1) is 5.02. The molecule has 0 saturated carbocycles. The molecule has 2 heteroatoms. The van der Waals surface area contributed by atoms with Crippen molar-refractivity contribution in [2.24, 2.45) is 0 Å². The average Bonchev–Trinajstić information content (AvgIpc) is 1.82. The molecular weight excluding hydrogens is 138 g/mol. The van der Waals surface area contributed by atoms with Gasteiger partial charge < -0.3 is 5.32 Å². The molecule has 0 aromatic rings. The maximum atomic E-state index is 10.5. The lowest BCUT2D eigenvalue weighted by atomic mass is 10.3. The van der Waals surface area contributed by atoms with Crippen molar-refractivity contribution in [3.8, 4) is 0 Å². The molecule has 0 fully saturated rings. The van der Waals surface area contributed by atoms with Crippen LogP contribution in [0.5, 0.6) is 0 Å². The maximum Gasteiger partial charge on any atom is 0.221 e. The summed E-state index contributed by atoms with van der Waals surface area (Å²) in [5.41, 5.74) is 1.51. The van der Waals surface area contributed by atoms with E-state index in [4.69, 9.17) is 0 Å². The Balaban J connectivity index is 3.88. The molecule has 0 aromatic heterocycles. The zero-order valence-corrected chi connectivity index (χ0v) is 6.98. The highest BCUT2D eigenvalue weighted by Gasteiger charge is 1.89. The van der Waals surface area contributed by atoms with Gasteiger partial charge in [0, 0.05) is 12.6 Å². The van der Waals surface area contributed by atoms with Crippen LogP contribution in [-0.4, -0.2) is 5.91 Å². The van der Waals surface area contributed by atoms with Crippen LogP contribution in [-0.2, 0) is 4.79 Å². The Hall–Kier alpha value is -1.31. The van der Waals surface area contributed by atoms with Gasteiger partial charge in [-0.1, -0.05) is 24.8 Å². The highest BCUT2D eigenvalue weighted by Crippen LogP contribution is 1.93. The van der Waals surface area contributed by atoms with Gasteiger partial charge in [-0.25, -0.2) is 0 Å². The standard InChI is InChI=1S/C9H13NO/c1-7(2)5-6-8(3)10-9(4)11/h5-6H,1,3H2,2,4H3,(H,10,11)/b6-5-. The van der Waals surface area contributed by atoms with E-state index in [-0.39, 0.29) is 5.91 Å². The van der Waals surface area contributed by atoms with E-state index >= 15 is 0 Å². The van der Waals surface area contributed by atoms with Crippen molar-refractivity contribution in [1.82, 2.24) is 5.32 Å². The lowest BCUT2D eigenvalue weighted by Gasteiger charge is -1.98. The number of carbonyl (C=O) groups is 1. The number of nitrogens with one attached hydrogen (secondary N) is 1. The molecule has 0 heterocycles. The fraction of sp³-hybridized carbons (Fsp3) is 0.222. The predicted octanol–water partition coefficient (Wildman–Crippen LogP) is 1.77. The van der Waals surface area contributed by atoms with Crippen molar-refractivity contribution >= 4 is 5.91 Å². The summed E-state index contributed by atoms with van der Waals surface area (Å²) < 4.78 is 0. The zero-order valence-electron chi connectivity index (χ0n) is 6.98. The van der Waals surface area contributed by atoms with Gasteiger partial charge in [0.05, 0.1) is 0 Å². The van der Waals surface area contributed by atoms with E-state index in [1.54, 1.807) is 12.2 Å². The van der Waals surface area contributed by atoms with Gasteiger partial charge in [-0.2, -0.15) is 0 Å². The Morgan fingerprint density at radius 2 is 1.82 bits per heavy atom. The van der Waals surface area contributed by atoms with Crippen molar-refractivity contribution < 1.29 is 4.79 Å². The molecule has 0 bridgehead atoms. The van der Waals surface area contributed by atoms with Crippen molar-refractivity contribution in [2.75, 3.05) is 0 Å². The first-order valence-corrected chi connectivity index (χ1v) is 3.32. The van der Waals surface area contributed by atoms with Gasteiger partial charge in [-0.15, -0.1) is 0 Å². The number of amides is 1. The number of carbonyl (C=O) groups excluding carboxylic acids is 1. The first-order valence-electron chi connectivity index (χ1n) is 3.32. The van der Waals surface area contributed by atoms with E-state index in [0.717, 1.165) is 5.57 Å². The van der Waals surface area contributed by atoms with Gasteiger partial charge in [0.15, 0.2) is 0 Å². The molecule has 0 aliphatic rings. The summed E-state index contributed by atoms with van der Waals surface area (Å²) in [4.78, 5) is 10.5. The van der Waals surface area contributed by atoms with Gasteiger partial charge in [0.1, 0.15) is 0 Å². The Morgan fingerprint density at radius 3 is 2.18 bits per heavy atom. The van der Waals surface area contributed by atoms with Gasteiger partial charge in [-0.3, -0.25) is 4.79 Å². The number of rotatable bonds is 3. The summed E-state index contributed by atoms with van der Waals surface area (Å²) in [5, 5.41) is 2.54. The van der Waals surface area contributed by atoms with Crippen LogP contribution in [0, 0.1) is 0 Å². The topological polar surface area (TPSA) is 29.1 Å². The summed E-state index contributed by atoms with van der Waals surface area (Å²) in [6.07, 6.45) is 3.50. The number of hydrogen-bond donors (Lipinski definition) is 1. The molecule has 0 unspecified atom stereocenters. The molecule has 1 N–H and O–H groups in total. The Kier molecular flexibility index (Phi) is 3.96. The van der Waals surface area contributed by atoms with E-state index in [2.05, 4.69) is 18.5 Å². The van der Waals surface area contributed by atoms with Gasteiger partial charge in [0.25, 0.3) is 0 Å². The SMILES string of the molecule is C=C(C)/C=C\C(=C)NC(C)=O. The minimum atomic E-state index is -0.110. The second kappa shape index (κ2) is 4.50. The first kappa shape index (κ1) is 9.69. The highest BCUT2D eigenvalue weighted by molar-refractivity contribution is 5.75. The number of hydrogen-bond acceptors (Lipinski definition) is 1. The Morgan fingerprint density at radius 1 is 1.27 bits per heavy atom. The van der Waals surface area contributed by atoms with Gasteiger partial charge >= 0.3 is 0 Å². The van der Waals surface area contributed by atoms with Crippen LogP contribution < -0.4 is 5.32 Å². The van der Waals surface area contributed by atoms with Gasteiger partial charge in [0.2, 0.25) is 5.91 Å². The smallest absolute Gasteiger partial charge is 0.221 e. The third-order valence-electron chi connectivity index (χ3n) is 0.906. The van der Waals surface area contributed by atoms with Crippen LogP contribution in [0.1, 0.15) is 13.8 Å².